The molecule has 1 aromatic heterocycles. The molecule has 1 aliphatic heterocycles. The molecule has 236 valence electrons. The van der Waals surface area contributed by atoms with Crippen molar-refractivity contribution in [2.45, 2.75) is 31.3 Å². The molecule has 1 aliphatic carbocycles. The van der Waals surface area contributed by atoms with Crippen molar-refractivity contribution in [1.29, 1.82) is 0 Å². The Morgan fingerprint density at radius 1 is 0.633 bits per heavy atom. The van der Waals surface area contributed by atoms with Gasteiger partial charge in [-0.15, -0.1) is 0 Å². The molecule has 2 aliphatic rings. The van der Waals surface area contributed by atoms with Gasteiger partial charge in [-0.2, -0.15) is 0 Å². The van der Waals surface area contributed by atoms with Crippen molar-refractivity contribution in [1.82, 2.24) is 4.98 Å². The van der Waals surface area contributed by atoms with Crippen LogP contribution in [0.2, 0.25) is 0 Å². The van der Waals surface area contributed by atoms with Crippen molar-refractivity contribution in [2.75, 3.05) is 5.32 Å². The van der Waals surface area contributed by atoms with Crippen LogP contribution in [0, 0.1) is 0 Å². The van der Waals surface area contributed by atoms with Crippen LogP contribution in [0.3, 0.4) is 0 Å². The summed E-state index contributed by atoms with van der Waals surface area (Å²) in [6, 6.07) is 50.0. The van der Waals surface area contributed by atoms with Crippen LogP contribution in [0.4, 0.5) is 5.69 Å². The quantitative estimate of drug-likeness (QED) is 0.199. The van der Waals surface area contributed by atoms with E-state index in [1.165, 1.54) is 44.5 Å². The van der Waals surface area contributed by atoms with E-state index >= 15 is 0 Å². The van der Waals surface area contributed by atoms with Crippen molar-refractivity contribution in [2.24, 2.45) is 5.73 Å². The van der Waals surface area contributed by atoms with Crippen LogP contribution < -0.4 is 11.1 Å². The zero-order chi connectivity index (χ0) is 33.1. The third-order valence-corrected chi connectivity index (χ3v) is 10.6. The Morgan fingerprint density at radius 3 is 2.24 bits per heavy atom. The summed E-state index contributed by atoms with van der Waals surface area (Å²) in [5.74, 6) is 0. The average Bonchev–Trinajstić information content (AvgIpc) is 3.40. The molecule has 2 atom stereocenters. The lowest BCUT2D eigenvalue weighted by Crippen LogP contribution is -2.16. The van der Waals surface area contributed by atoms with Crippen molar-refractivity contribution in [3.05, 3.63) is 185 Å². The first-order valence-electron chi connectivity index (χ1n) is 17.1. The van der Waals surface area contributed by atoms with E-state index in [2.05, 4.69) is 159 Å². The molecule has 49 heavy (non-hydrogen) atoms. The van der Waals surface area contributed by atoms with Gasteiger partial charge in [-0.1, -0.05) is 141 Å². The monoisotopic (exact) mass is 631 g/mol. The van der Waals surface area contributed by atoms with E-state index in [1.54, 1.807) is 0 Å². The summed E-state index contributed by atoms with van der Waals surface area (Å²) in [5.41, 5.74) is 23.8. The van der Waals surface area contributed by atoms with Gasteiger partial charge in [-0.25, -0.2) is 0 Å². The van der Waals surface area contributed by atoms with Gasteiger partial charge in [0.05, 0.1) is 23.3 Å². The predicted octanol–water partition coefficient (Wildman–Crippen LogP) is 11.1. The van der Waals surface area contributed by atoms with E-state index in [0.29, 0.717) is 0 Å². The Kier molecular flexibility index (Phi) is 6.86. The number of aromatic nitrogens is 1. The van der Waals surface area contributed by atoms with Gasteiger partial charge in [0.15, 0.2) is 0 Å². The minimum atomic E-state index is -0.292. The number of hydrogen-bond acceptors (Lipinski definition) is 3. The molecule has 0 spiro atoms. The first kappa shape index (κ1) is 29.4. The van der Waals surface area contributed by atoms with E-state index in [1.807, 2.05) is 18.3 Å². The van der Waals surface area contributed by atoms with Gasteiger partial charge in [0.25, 0.3) is 0 Å². The predicted molar refractivity (Wildman–Crippen MR) is 204 cm³/mol. The van der Waals surface area contributed by atoms with Crippen molar-refractivity contribution < 1.29 is 0 Å². The van der Waals surface area contributed by atoms with E-state index in [4.69, 9.17) is 10.7 Å². The first-order chi connectivity index (χ1) is 23.9. The number of anilines is 1. The summed E-state index contributed by atoms with van der Waals surface area (Å²) >= 11 is 0. The fourth-order valence-electron chi connectivity index (χ4n) is 7.86. The van der Waals surface area contributed by atoms with Crippen LogP contribution in [-0.4, -0.2) is 4.98 Å². The van der Waals surface area contributed by atoms with Gasteiger partial charge in [0, 0.05) is 17.0 Å². The highest BCUT2D eigenvalue weighted by Crippen LogP contribution is 2.49. The first-order valence-corrected chi connectivity index (χ1v) is 17.1. The van der Waals surface area contributed by atoms with Crippen molar-refractivity contribution >= 4 is 22.7 Å². The molecule has 2 unspecified atom stereocenters. The fourth-order valence-corrected chi connectivity index (χ4v) is 7.86. The number of nitrogens with one attached hydrogen (secondary N) is 1. The smallest absolute Gasteiger partial charge is 0.0939 e. The van der Waals surface area contributed by atoms with Crippen LogP contribution in [0.15, 0.2) is 152 Å². The zero-order valence-electron chi connectivity index (χ0n) is 27.7. The lowest BCUT2D eigenvalue weighted by Gasteiger charge is -2.26. The second-order valence-corrected chi connectivity index (χ2v) is 13.9. The van der Waals surface area contributed by atoms with Crippen LogP contribution in [0.1, 0.15) is 59.3 Å². The van der Waals surface area contributed by atoms with Gasteiger partial charge in [-0.05, 0) is 91.0 Å². The Hall–Kier alpha value is -5.77. The highest BCUT2D eigenvalue weighted by atomic mass is 14.9. The highest BCUT2D eigenvalue weighted by molar-refractivity contribution is 5.96. The molecule has 2 heterocycles. The van der Waals surface area contributed by atoms with Crippen molar-refractivity contribution in [3.8, 4) is 33.4 Å². The zero-order valence-corrected chi connectivity index (χ0v) is 27.7. The minimum Gasteiger partial charge on any atom is -0.372 e. The summed E-state index contributed by atoms with van der Waals surface area (Å²) in [6.45, 7) is 4.66. The molecule has 0 fully saturated rings. The maximum atomic E-state index is 7.14. The van der Waals surface area contributed by atoms with Crippen LogP contribution in [-0.2, 0) is 5.41 Å². The van der Waals surface area contributed by atoms with Gasteiger partial charge in [0.2, 0.25) is 0 Å². The summed E-state index contributed by atoms with van der Waals surface area (Å²) < 4.78 is 0. The molecular formula is C46H37N3. The third kappa shape index (κ3) is 4.97. The molecule has 0 bridgehead atoms. The maximum Gasteiger partial charge on any atom is 0.0939 e. The van der Waals surface area contributed by atoms with Crippen LogP contribution in [0.5, 0.6) is 0 Å². The maximum absolute atomic E-state index is 7.14. The number of fused-ring (bicyclic) bond motifs is 6. The molecule has 3 nitrogen and oxygen atoms in total. The van der Waals surface area contributed by atoms with E-state index < -0.39 is 0 Å². The standard InChI is InChI=1S/C46H37N3/c1-46(2)40-13-7-6-12-38(40)39-28-34(20-22-41(39)46)35-25-36(42-23-21-33-19-18-32-11-8-24-48-44(32)45(33)49-42)27-37(26-35)43(47)31-16-14-30(15-17-31)29-9-4-3-5-10-29/h3-28,42-43,49H,47H2,1-2H3. The van der Waals surface area contributed by atoms with E-state index in [9.17, 15) is 0 Å². The Labute approximate surface area is 287 Å². The van der Waals surface area contributed by atoms with Gasteiger partial charge < -0.3 is 11.1 Å². The number of pyridine rings is 1. The lowest BCUT2D eigenvalue weighted by molar-refractivity contribution is 0.660. The molecule has 0 saturated carbocycles. The summed E-state index contributed by atoms with van der Waals surface area (Å²) in [6.07, 6.45) is 6.33. The molecular weight excluding hydrogens is 595 g/mol. The normalized spacial score (nSPS) is 16.0. The van der Waals surface area contributed by atoms with Gasteiger partial charge in [-0.3, -0.25) is 4.98 Å². The minimum absolute atomic E-state index is 0.0350. The van der Waals surface area contributed by atoms with Crippen molar-refractivity contribution in [3.63, 3.8) is 0 Å². The Balaban J connectivity index is 1.15. The average molecular weight is 632 g/mol. The largest absolute Gasteiger partial charge is 0.372 e. The summed E-state index contributed by atoms with van der Waals surface area (Å²) in [7, 11) is 0. The number of rotatable bonds is 5. The van der Waals surface area contributed by atoms with E-state index in [0.717, 1.165) is 38.8 Å². The Bertz CT molecular complexity index is 2400. The van der Waals surface area contributed by atoms with Gasteiger partial charge >= 0.3 is 0 Å². The number of nitrogens with two attached hydrogens (primary N) is 1. The SMILES string of the molecule is CC1(C)c2ccccc2-c2cc(-c3cc(C4C=Cc5ccc6cccnc6c5N4)cc(C(N)c4ccc(-c5ccccc5)cc4)c3)ccc21. The van der Waals surface area contributed by atoms with E-state index in [-0.39, 0.29) is 17.5 Å². The molecule has 0 amide bonds. The second kappa shape index (κ2) is 11.4. The lowest BCUT2D eigenvalue weighted by atomic mass is 9.82. The molecule has 0 radical (unpaired) electrons. The number of hydrogen-bond donors (Lipinski definition) is 2. The molecule has 9 rings (SSSR count). The third-order valence-electron chi connectivity index (χ3n) is 10.6. The topological polar surface area (TPSA) is 50.9 Å². The van der Waals surface area contributed by atoms with Crippen LogP contribution in [0.25, 0.3) is 50.4 Å². The van der Waals surface area contributed by atoms with Gasteiger partial charge in [0.1, 0.15) is 0 Å². The highest BCUT2D eigenvalue weighted by Gasteiger charge is 2.35. The molecule has 3 heteroatoms. The second-order valence-electron chi connectivity index (χ2n) is 13.9. The Morgan fingerprint density at radius 2 is 1.39 bits per heavy atom. The summed E-state index contributed by atoms with van der Waals surface area (Å²) in [5, 5.41) is 4.97. The van der Waals surface area contributed by atoms with Crippen LogP contribution >= 0.6 is 0 Å². The number of nitrogens with zero attached hydrogens (tertiary/aromatic N) is 1. The number of benzene rings is 6. The molecule has 6 aromatic carbocycles. The molecule has 3 N–H and O–H groups in total. The molecule has 7 aromatic rings. The fraction of sp³-hybridized carbons (Fsp3) is 0.109. The molecule has 0 saturated heterocycles. The summed E-state index contributed by atoms with van der Waals surface area (Å²) in [4.78, 5) is 4.75.